The van der Waals surface area contributed by atoms with Gasteiger partial charge in [-0.3, -0.25) is 0 Å². The third kappa shape index (κ3) is 3.21. The molecular weight excluding hydrogens is 390 g/mol. The Labute approximate surface area is 180 Å². The van der Waals surface area contributed by atoms with Gasteiger partial charge in [0, 0.05) is 16.8 Å². The molecule has 2 aromatic carbocycles. The van der Waals surface area contributed by atoms with Crippen LogP contribution < -0.4 is 5.32 Å². The Morgan fingerprint density at radius 3 is 2.70 bits per heavy atom. The van der Waals surface area contributed by atoms with Crippen molar-refractivity contribution in [2.24, 2.45) is 0 Å². The van der Waals surface area contributed by atoms with E-state index in [1.165, 1.54) is 0 Å². The normalized spacial score (nSPS) is 15.2. The van der Waals surface area contributed by atoms with Crippen molar-refractivity contribution in [2.75, 3.05) is 5.32 Å². The first-order chi connectivity index (χ1) is 14.8. The number of rotatable bonds is 3. The van der Waals surface area contributed by atoms with Crippen LogP contribution in [0, 0.1) is 0 Å². The zero-order valence-electron chi connectivity index (χ0n) is 16.8. The number of para-hydroxylation sites is 2. The highest BCUT2D eigenvalue weighted by atomic mass is 32.1. The number of nitrogens with one attached hydrogen (secondary N) is 1. The van der Waals surface area contributed by atoms with Crippen LogP contribution in [0.3, 0.4) is 0 Å². The quantitative estimate of drug-likeness (QED) is 0.424. The minimum Gasteiger partial charge on any atom is -0.318 e. The van der Waals surface area contributed by atoms with Crippen molar-refractivity contribution in [2.45, 2.75) is 25.9 Å². The van der Waals surface area contributed by atoms with Crippen LogP contribution in [0.15, 0.2) is 84.4 Å². The average molecular weight is 414 g/mol. The van der Waals surface area contributed by atoms with Gasteiger partial charge in [0.15, 0.2) is 0 Å². The molecule has 1 atom stereocenters. The van der Waals surface area contributed by atoms with E-state index in [9.17, 15) is 4.79 Å². The van der Waals surface area contributed by atoms with Crippen LogP contribution in [0.1, 0.15) is 34.7 Å². The lowest BCUT2D eigenvalue weighted by molar-refractivity contribution is 0.195. The number of urea groups is 1. The van der Waals surface area contributed by atoms with Crippen molar-refractivity contribution >= 4 is 23.1 Å². The maximum absolute atomic E-state index is 13.6. The third-order valence-corrected chi connectivity index (χ3v) is 6.60. The van der Waals surface area contributed by atoms with Crippen molar-refractivity contribution in [1.29, 1.82) is 0 Å². The molecule has 0 fully saturated rings. The van der Waals surface area contributed by atoms with Gasteiger partial charge in [0.2, 0.25) is 0 Å². The zero-order valence-corrected chi connectivity index (χ0v) is 17.6. The number of fused-ring (bicyclic) bond motifs is 3. The molecule has 0 aliphatic carbocycles. The smallest absolute Gasteiger partial charge is 0.318 e. The number of aryl methyl sites for hydroxylation is 1. The standard InChI is InChI=1S/C25H23N3OS/c1-2-18-9-3-5-11-20(18)26-25(29)28-17-19-10-4-6-12-21(19)27-15-7-13-22(27)24(28)23-14-8-16-30-23/h3-16,24H,2,17H2,1H3,(H,26,29)/t24-/m1/s1. The highest BCUT2D eigenvalue weighted by Crippen LogP contribution is 2.38. The molecule has 0 spiro atoms. The van der Waals surface area contributed by atoms with E-state index in [-0.39, 0.29) is 12.1 Å². The number of carbonyl (C=O) groups is 1. The van der Waals surface area contributed by atoms with E-state index in [2.05, 4.69) is 70.8 Å². The Hall–Kier alpha value is -3.31. The van der Waals surface area contributed by atoms with Crippen molar-refractivity contribution in [1.82, 2.24) is 9.47 Å². The zero-order chi connectivity index (χ0) is 20.5. The molecule has 30 heavy (non-hydrogen) atoms. The Bertz CT molecular complexity index is 1180. The first-order valence-electron chi connectivity index (χ1n) is 10.2. The Balaban J connectivity index is 1.61. The molecule has 1 N–H and O–H groups in total. The fourth-order valence-corrected chi connectivity index (χ4v) is 5.07. The highest BCUT2D eigenvalue weighted by molar-refractivity contribution is 7.10. The van der Waals surface area contributed by atoms with Crippen LogP contribution in [0.4, 0.5) is 10.5 Å². The molecule has 0 radical (unpaired) electrons. The maximum Gasteiger partial charge on any atom is 0.323 e. The Kier molecular flexibility index (Phi) is 4.89. The fourth-order valence-electron chi connectivity index (χ4n) is 4.22. The van der Waals surface area contributed by atoms with Crippen LogP contribution in [0.2, 0.25) is 0 Å². The topological polar surface area (TPSA) is 37.3 Å². The van der Waals surface area contributed by atoms with Gasteiger partial charge in [-0.05, 0) is 53.3 Å². The molecule has 0 saturated carbocycles. The third-order valence-electron chi connectivity index (χ3n) is 5.68. The number of hydrogen-bond acceptors (Lipinski definition) is 2. The molecule has 1 aliphatic heterocycles. The minimum atomic E-state index is -0.152. The molecule has 5 heteroatoms. The van der Waals surface area contributed by atoms with E-state index in [0.29, 0.717) is 6.54 Å². The molecule has 4 aromatic rings. The first kappa shape index (κ1) is 18.7. The van der Waals surface area contributed by atoms with Gasteiger partial charge >= 0.3 is 6.03 Å². The monoisotopic (exact) mass is 413 g/mol. The summed E-state index contributed by atoms with van der Waals surface area (Å²) >= 11 is 1.68. The van der Waals surface area contributed by atoms with E-state index in [0.717, 1.165) is 39.5 Å². The second-order valence-corrected chi connectivity index (χ2v) is 8.40. The van der Waals surface area contributed by atoms with E-state index < -0.39 is 0 Å². The summed E-state index contributed by atoms with van der Waals surface area (Å²) in [7, 11) is 0. The van der Waals surface area contributed by atoms with Gasteiger partial charge in [-0.15, -0.1) is 11.3 Å². The molecule has 4 nitrogen and oxygen atoms in total. The van der Waals surface area contributed by atoms with E-state index in [1.54, 1.807) is 11.3 Å². The van der Waals surface area contributed by atoms with Gasteiger partial charge in [-0.25, -0.2) is 4.79 Å². The number of benzene rings is 2. The van der Waals surface area contributed by atoms with E-state index in [1.807, 2.05) is 35.2 Å². The largest absolute Gasteiger partial charge is 0.323 e. The van der Waals surface area contributed by atoms with Crippen LogP contribution in [-0.4, -0.2) is 15.5 Å². The van der Waals surface area contributed by atoms with Crippen molar-refractivity contribution in [3.8, 4) is 5.69 Å². The number of amides is 2. The second-order valence-electron chi connectivity index (χ2n) is 7.42. The van der Waals surface area contributed by atoms with E-state index >= 15 is 0 Å². The van der Waals surface area contributed by atoms with Crippen molar-refractivity contribution < 1.29 is 4.79 Å². The summed E-state index contributed by atoms with van der Waals surface area (Å²) in [5.41, 5.74) is 5.37. The van der Waals surface area contributed by atoms with Gasteiger partial charge in [-0.1, -0.05) is 49.4 Å². The summed E-state index contributed by atoms with van der Waals surface area (Å²) in [5, 5.41) is 5.26. The number of anilines is 1. The fraction of sp³-hybridized carbons (Fsp3) is 0.160. The van der Waals surface area contributed by atoms with Gasteiger partial charge in [0.25, 0.3) is 0 Å². The molecule has 3 heterocycles. The molecule has 0 saturated heterocycles. The summed E-state index contributed by atoms with van der Waals surface area (Å²) in [5.74, 6) is 0. The Morgan fingerprint density at radius 2 is 1.87 bits per heavy atom. The second kappa shape index (κ2) is 7.84. The SMILES string of the molecule is CCc1ccccc1NC(=O)N1Cc2ccccc2-n2cccc2[C@@H]1c1cccs1. The highest BCUT2D eigenvalue weighted by Gasteiger charge is 2.33. The average Bonchev–Trinajstić information content (AvgIpc) is 3.45. The summed E-state index contributed by atoms with van der Waals surface area (Å²) in [6.45, 7) is 2.65. The minimum absolute atomic E-state index is 0.0845. The molecule has 1 aliphatic rings. The lowest BCUT2D eigenvalue weighted by Crippen LogP contribution is -2.37. The molecule has 2 aromatic heterocycles. The summed E-state index contributed by atoms with van der Waals surface area (Å²) in [6.07, 6.45) is 2.96. The Morgan fingerprint density at radius 1 is 1.03 bits per heavy atom. The summed E-state index contributed by atoms with van der Waals surface area (Å²) in [4.78, 5) is 16.8. The van der Waals surface area contributed by atoms with Crippen molar-refractivity contribution in [3.63, 3.8) is 0 Å². The molecule has 0 bridgehead atoms. The number of nitrogens with zero attached hydrogens (tertiary/aromatic N) is 2. The van der Waals surface area contributed by atoms with Gasteiger partial charge in [0.1, 0.15) is 6.04 Å². The molecule has 0 unspecified atom stereocenters. The summed E-state index contributed by atoms with van der Waals surface area (Å²) < 4.78 is 2.22. The van der Waals surface area contributed by atoms with Crippen LogP contribution in [-0.2, 0) is 13.0 Å². The van der Waals surface area contributed by atoms with Crippen molar-refractivity contribution in [3.05, 3.63) is 106 Å². The predicted molar refractivity (Wildman–Crippen MR) is 122 cm³/mol. The number of hydrogen-bond donors (Lipinski definition) is 1. The molecular formula is C25H23N3OS. The van der Waals surface area contributed by atoms with Crippen LogP contribution in [0.25, 0.3) is 5.69 Å². The van der Waals surface area contributed by atoms with E-state index in [4.69, 9.17) is 0 Å². The van der Waals surface area contributed by atoms with Crippen LogP contribution >= 0.6 is 11.3 Å². The van der Waals surface area contributed by atoms with Gasteiger partial charge < -0.3 is 14.8 Å². The number of carbonyl (C=O) groups excluding carboxylic acids is 1. The van der Waals surface area contributed by atoms with Gasteiger partial charge in [-0.2, -0.15) is 0 Å². The first-order valence-corrected chi connectivity index (χ1v) is 11.1. The predicted octanol–water partition coefficient (Wildman–Crippen LogP) is 6.24. The van der Waals surface area contributed by atoms with Crippen LogP contribution in [0.5, 0.6) is 0 Å². The number of aromatic nitrogens is 1. The molecule has 150 valence electrons. The van der Waals surface area contributed by atoms with Gasteiger partial charge in [0.05, 0.1) is 17.9 Å². The lowest BCUT2D eigenvalue weighted by atomic mass is 10.1. The molecule has 2 amide bonds. The summed E-state index contributed by atoms with van der Waals surface area (Å²) in [6, 6.07) is 24.4. The maximum atomic E-state index is 13.6. The lowest BCUT2D eigenvalue weighted by Gasteiger charge is -2.30. The number of thiophene rings is 1. The molecule has 5 rings (SSSR count).